The van der Waals surface area contributed by atoms with Crippen molar-refractivity contribution in [1.82, 2.24) is 15.3 Å². The van der Waals surface area contributed by atoms with Crippen molar-refractivity contribution in [2.75, 3.05) is 13.1 Å². The van der Waals surface area contributed by atoms with Crippen LogP contribution in [-0.2, 0) is 6.54 Å². The highest BCUT2D eigenvalue weighted by Gasteiger charge is 2.18. The number of nitrogens with two attached hydrogens (primary N) is 1. The Morgan fingerprint density at radius 2 is 2.59 bits per heavy atom. The third-order valence-electron chi connectivity index (χ3n) is 3.02. The van der Waals surface area contributed by atoms with Gasteiger partial charge < -0.3 is 0 Å². The summed E-state index contributed by atoms with van der Waals surface area (Å²) in [6, 6.07) is 0. The van der Waals surface area contributed by atoms with E-state index in [1.807, 2.05) is 0 Å². The van der Waals surface area contributed by atoms with Crippen molar-refractivity contribution in [3.8, 4) is 0 Å². The van der Waals surface area contributed by atoms with E-state index in [0.717, 1.165) is 30.6 Å². The van der Waals surface area contributed by atoms with Gasteiger partial charge >= 0.3 is 0 Å². The number of hydrazine groups is 1. The smallest absolute Gasteiger partial charge is 0.284 e. The van der Waals surface area contributed by atoms with E-state index >= 15 is 0 Å². The van der Waals surface area contributed by atoms with Crippen molar-refractivity contribution >= 4 is 17.2 Å². The number of nitrogens with zero attached hydrogens (tertiary/aromatic N) is 2. The topological polar surface area (TPSA) is 71.2 Å². The number of aromatic nitrogens is 1. The number of hydrogen-bond donors (Lipinski definition) is 2. The molecule has 6 heteroatoms. The molecule has 0 radical (unpaired) electrons. The number of carbonyl (C=O) groups excluding carboxylic acids is 1. The van der Waals surface area contributed by atoms with Gasteiger partial charge in [0.15, 0.2) is 0 Å². The van der Waals surface area contributed by atoms with Crippen LogP contribution >= 0.6 is 11.3 Å². The Hall–Kier alpha value is -0.980. The summed E-state index contributed by atoms with van der Waals surface area (Å²) in [5.74, 6) is 5.51. The number of rotatable bonds is 3. The number of hydrogen-bond acceptors (Lipinski definition) is 5. The number of carbonyl (C=O) groups is 1. The zero-order chi connectivity index (χ0) is 12.3. The lowest BCUT2D eigenvalue weighted by Crippen LogP contribution is -2.33. The van der Waals surface area contributed by atoms with E-state index in [9.17, 15) is 4.79 Å². The van der Waals surface area contributed by atoms with Crippen LogP contribution in [0.5, 0.6) is 0 Å². The van der Waals surface area contributed by atoms with Crippen molar-refractivity contribution in [2.24, 2.45) is 11.8 Å². The molecule has 3 N–H and O–H groups in total. The summed E-state index contributed by atoms with van der Waals surface area (Å²) in [5, 5.41) is 2.74. The summed E-state index contributed by atoms with van der Waals surface area (Å²) < 4.78 is 0. The van der Waals surface area contributed by atoms with E-state index in [4.69, 9.17) is 5.84 Å². The molecule has 1 aromatic heterocycles. The van der Waals surface area contributed by atoms with Gasteiger partial charge in [0.1, 0.15) is 10.7 Å². The summed E-state index contributed by atoms with van der Waals surface area (Å²) in [6.45, 7) is 5.37. The predicted molar refractivity (Wildman–Crippen MR) is 67.4 cm³/mol. The van der Waals surface area contributed by atoms with Gasteiger partial charge in [0.25, 0.3) is 5.91 Å². The fraction of sp³-hybridized carbons (Fsp3) is 0.636. The molecular weight excluding hydrogens is 236 g/mol. The van der Waals surface area contributed by atoms with E-state index in [1.54, 1.807) is 5.38 Å². The van der Waals surface area contributed by atoms with Crippen LogP contribution in [0.2, 0.25) is 0 Å². The van der Waals surface area contributed by atoms with Gasteiger partial charge in [-0.1, -0.05) is 6.92 Å². The molecule has 1 amide bonds. The van der Waals surface area contributed by atoms with Crippen LogP contribution in [0, 0.1) is 5.92 Å². The Kier molecular flexibility index (Phi) is 4.09. The van der Waals surface area contributed by atoms with Gasteiger partial charge in [0, 0.05) is 11.9 Å². The van der Waals surface area contributed by atoms with Crippen LogP contribution < -0.4 is 11.3 Å². The number of amides is 1. The second-order valence-corrected chi connectivity index (χ2v) is 5.53. The molecule has 5 nitrogen and oxygen atoms in total. The Bertz CT molecular complexity index is 393. The standard InChI is InChI=1S/C11H18N4OS/c1-8-3-2-4-15(5-8)6-10-13-9(7-17-10)11(16)14-12/h7-8H,2-6,12H2,1H3,(H,14,16). The van der Waals surface area contributed by atoms with E-state index in [0.29, 0.717) is 5.69 Å². The highest BCUT2D eigenvalue weighted by molar-refractivity contribution is 7.09. The highest BCUT2D eigenvalue weighted by Crippen LogP contribution is 2.19. The summed E-state index contributed by atoms with van der Waals surface area (Å²) in [7, 11) is 0. The molecule has 1 fully saturated rings. The lowest BCUT2D eigenvalue weighted by Gasteiger charge is -2.29. The zero-order valence-electron chi connectivity index (χ0n) is 9.98. The zero-order valence-corrected chi connectivity index (χ0v) is 10.8. The third-order valence-corrected chi connectivity index (χ3v) is 3.85. The molecule has 0 aromatic carbocycles. The van der Waals surface area contributed by atoms with Gasteiger partial charge in [-0.15, -0.1) is 11.3 Å². The quantitative estimate of drug-likeness (QED) is 0.479. The predicted octanol–water partition coefficient (Wildman–Crippen LogP) is 0.979. The molecule has 94 valence electrons. The maximum Gasteiger partial charge on any atom is 0.284 e. The van der Waals surface area contributed by atoms with Crippen LogP contribution in [0.1, 0.15) is 35.3 Å². The number of nitrogen functional groups attached to an aromatic ring is 1. The molecule has 1 saturated heterocycles. The molecule has 2 rings (SSSR count). The largest absolute Gasteiger partial charge is 0.296 e. The van der Waals surface area contributed by atoms with E-state index in [2.05, 4.69) is 22.2 Å². The second kappa shape index (κ2) is 5.57. The minimum Gasteiger partial charge on any atom is -0.296 e. The molecule has 1 aromatic rings. The average Bonchev–Trinajstić information content (AvgIpc) is 2.76. The maximum absolute atomic E-state index is 11.3. The lowest BCUT2D eigenvalue weighted by atomic mass is 10.0. The van der Waals surface area contributed by atoms with Crippen molar-refractivity contribution in [2.45, 2.75) is 26.3 Å². The number of nitrogens with one attached hydrogen (secondary N) is 1. The molecule has 1 aliphatic heterocycles. The molecular formula is C11H18N4OS. The summed E-state index contributed by atoms with van der Waals surface area (Å²) in [5.41, 5.74) is 2.51. The Morgan fingerprint density at radius 1 is 1.76 bits per heavy atom. The molecule has 0 saturated carbocycles. The molecule has 1 unspecified atom stereocenters. The molecule has 0 spiro atoms. The van der Waals surface area contributed by atoms with Crippen LogP contribution in [0.15, 0.2) is 5.38 Å². The van der Waals surface area contributed by atoms with Gasteiger partial charge in [0.05, 0.1) is 6.54 Å². The second-order valence-electron chi connectivity index (χ2n) is 4.58. The molecule has 1 aliphatic rings. The summed E-state index contributed by atoms with van der Waals surface area (Å²) in [4.78, 5) is 18.0. The fourth-order valence-electron chi connectivity index (χ4n) is 2.18. The van der Waals surface area contributed by atoms with Gasteiger partial charge in [-0.05, 0) is 25.3 Å². The molecule has 2 heterocycles. The lowest BCUT2D eigenvalue weighted by molar-refractivity contribution is 0.0949. The van der Waals surface area contributed by atoms with Crippen LogP contribution in [0.25, 0.3) is 0 Å². The van der Waals surface area contributed by atoms with Crippen molar-refractivity contribution in [3.63, 3.8) is 0 Å². The van der Waals surface area contributed by atoms with Crippen molar-refractivity contribution in [1.29, 1.82) is 0 Å². The number of likely N-dealkylation sites (tertiary alicyclic amines) is 1. The first-order valence-corrected chi connectivity index (χ1v) is 6.74. The van der Waals surface area contributed by atoms with Crippen molar-refractivity contribution in [3.05, 3.63) is 16.1 Å². The van der Waals surface area contributed by atoms with E-state index in [-0.39, 0.29) is 5.91 Å². The average molecular weight is 254 g/mol. The monoisotopic (exact) mass is 254 g/mol. The van der Waals surface area contributed by atoms with Crippen LogP contribution in [0.4, 0.5) is 0 Å². The van der Waals surface area contributed by atoms with Crippen LogP contribution in [0.3, 0.4) is 0 Å². The minimum absolute atomic E-state index is 0.320. The van der Waals surface area contributed by atoms with Gasteiger partial charge in [0.2, 0.25) is 0 Å². The fourth-order valence-corrected chi connectivity index (χ4v) is 3.00. The molecule has 0 aliphatic carbocycles. The van der Waals surface area contributed by atoms with Gasteiger partial charge in [-0.25, -0.2) is 10.8 Å². The SMILES string of the molecule is CC1CCCN(Cc2nc(C(=O)NN)cs2)C1. The number of piperidine rings is 1. The maximum atomic E-state index is 11.3. The first-order valence-electron chi connectivity index (χ1n) is 5.86. The normalized spacial score (nSPS) is 21.4. The third kappa shape index (κ3) is 3.24. The summed E-state index contributed by atoms with van der Waals surface area (Å²) in [6.07, 6.45) is 2.57. The Morgan fingerprint density at radius 3 is 3.29 bits per heavy atom. The van der Waals surface area contributed by atoms with Crippen molar-refractivity contribution < 1.29 is 4.79 Å². The summed E-state index contributed by atoms with van der Waals surface area (Å²) >= 11 is 1.52. The minimum atomic E-state index is -0.320. The molecule has 0 bridgehead atoms. The van der Waals surface area contributed by atoms with E-state index in [1.165, 1.54) is 24.2 Å². The first kappa shape index (κ1) is 12.5. The van der Waals surface area contributed by atoms with Gasteiger partial charge in [-0.3, -0.25) is 15.1 Å². The van der Waals surface area contributed by atoms with E-state index < -0.39 is 0 Å². The first-order chi connectivity index (χ1) is 8.19. The van der Waals surface area contributed by atoms with Crippen LogP contribution in [-0.4, -0.2) is 28.9 Å². The van der Waals surface area contributed by atoms with Gasteiger partial charge in [-0.2, -0.15) is 0 Å². The molecule has 1 atom stereocenters. The molecule has 17 heavy (non-hydrogen) atoms. The Labute approximate surface area is 105 Å². The highest BCUT2D eigenvalue weighted by atomic mass is 32.1. The Balaban J connectivity index is 1.94. The number of thiazole rings is 1.